The molecule has 1 heterocycles. The van der Waals surface area contributed by atoms with E-state index in [9.17, 15) is 0 Å². The first-order chi connectivity index (χ1) is 9.83. The molecule has 0 radical (unpaired) electrons. The van der Waals surface area contributed by atoms with Crippen LogP contribution in [-0.2, 0) is 0 Å². The average molecular weight is 263 g/mol. The SMILES string of the molecule is C=C[C@@H](c1ccccc1)n1ccc2cc(OC)ccc21. The first kappa shape index (κ1) is 12.5. The van der Waals surface area contributed by atoms with E-state index in [1.165, 1.54) is 16.5 Å². The normalized spacial score (nSPS) is 12.2. The smallest absolute Gasteiger partial charge is 0.119 e. The fourth-order valence-electron chi connectivity index (χ4n) is 2.57. The van der Waals surface area contributed by atoms with Crippen molar-refractivity contribution in [2.24, 2.45) is 0 Å². The Morgan fingerprint density at radius 1 is 1.10 bits per heavy atom. The Morgan fingerprint density at radius 2 is 1.90 bits per heavy atom. The second-order valence-electron chi connectivity index (χ2n) is 4.74. The third-order valence-corrected chi connectivity index (χ3v) is 3.59. The molecule has 1 atom stereocenters. The highest BCUT2D eigenvalue weighted by atomic mass is 16.5. The van der Waals surface area contributed by atoms with Gasteiger partial charge in [0.2, 0.25) is 0 Å². The van der Waals surface area contributed by atoms with Crippen LogP contribution in [0.4, 0.5) is 0 Å². The number of hydrogen-bond donors (Lipinski definition) is 0. The van der Waals surface area contributed by atoms with Crippen LogP contribution in [0.15, 0.2) is 73.4 Å². The van der Waals surface area contributed by atoms with Gasteiger partial charge in [0.25, 0.3) is 0 Å². The fourth-order valence-corrected chi connectivity index (χ4v) is 2.57. The minimum absolute atomic E-state index is 0.141. The van der Waals surface area contributed by atoms with E-state index in [0.717, 1.165) is 5.75 Å². The van der Waals surface area contributed by atoms with E-state index in [2.05, 4.69) is 59.8 Å². The third-order valence-electron chi connectivity index (χ3n) is 3.59. The van der Waals surface area contributed by atoms with E-state index < -0.39 is 0 Å². The molecule has 2 nitrogen and oxygen atoms in total. The zero-order valence-corrected chi connectivity index (χ0v) is 11.5. The molecular weight excluding hydrogens is 246 g/mol. The lowest BCUT2D eigenvalue weighted by atomic mass is 10.1. The summed E-state index contributed by atoms with van der Waals surface area (Å²) >= 11 is 0. The minimum Gasteiger partial charge on any atom is -0.497 e. The second-order valence-corrected chi connectivity index (χ2v) is 4.74. The first-order valence-corrected chi connectivity index (χ1v) is 6.65. The topological polar surface area (TPSA) is 14.2 Å². The zero-order chi connectivity index (χ0) is 13.9. The number of rotatable bonds is 4. The Balaban J connectivity index is 2.11. The van der Waals surface area contributed by atoms with Crippen molar-refractivity contribution in [3.63, 3.8) is 0 Å². The van der Waals surface area contributed by atoms with Gasteiger partial charge in [-0.15, -0.1) is 6.58 Å². The summed E-state index contributed by atoms with van der Waals surface area (Å²) in [4.78, 5) is 0. The van der Waals surface area contributed by atoms with Crippen molar-refractivity contribution in [2.45, 2.75) is 6.04 Å². The molecule has 0 aliphatic rings. The zero-order valence-electron chi connectivity index (χ0n) is 11.5. The molecule has 0 aliphatic carbocycles. The molecular formula is C18H17NO. The van der Waals surface area contributed by atoms with Crippen LogP contribution in [0, 0.1) is 0 Å². The van der Waals surface area contributed by atoms with Crippen LogP contribution in [0.3, 0.4) is 0 Å². The van der Waals surface area contributed by atoms with Gasteiger partial charge in [0.1, 0.15) is 5.75 Å². The monoisotopic (exact) mass is 263 g/mol. The standard InChI is InChI=1S/C18H17NO/c1-3-17(14-7-5-4-6-8-14)19-12-11-15-13-16(20-2)9-10-18(15)19/h3-13,17H,1H2,2H3/t17-/m0/s1. The number of allylic oxidation sites excluding steroid dienone is 1. The van der Waals surface area contributed by atoms with Crippen LogP contribution < -0.4 is 4.74 Å². The summed E-state index contributed by atoms with van der Waals surface area (Å²) in [6.45, 7) is 3.99. The van der Waals surface area contributed by atoms with Gasteiger partial charge in [-0.1, -0.05) is 36.4 Å². The lowest BCUT2D eigenvalue weighted by Gasteiger charge is -2.17. The van der Waals surface area contributed by atoms with Crippen LogP contribution in [0.25, 0.3) is 10.9 Å². The average Bonchev–Trinajstić information content (AvgIpc) is 2.92. The van der Waals surface area contributed by atoms with E-state index in [1.807, 2.05) is 18.2 Å². The van der Waals surface area contributed by atoms with Crippen LogP contribution in [0.5, 0.6) is 5.75 Å². The van der Waals surface area contributed by atoms with E-state index in [-0.39, 0.29) is 6.04 Å². The van der Waals surface area contributed by atoms with Crippen LogP contribution in [-0.4, -0.2) is 11.7 Å². The Bertz CT molecular complexity index is 728. The molecule has 0 spiro atoms. The van der Waals surface area contributed by atoms with Gasteiger partial charge in [0, 0.05) is 17.1 Å². The lowest BCUT2D eigenvalue weighted by molar-refractivity contribution is 0.415. The van der Waals surface area contributed by atoms with Crippen molar-refractivity contribution < 1.29 is 4.74 Å². The number of fused-ring (bicyclic) bond motifs is 1. The van der Waals surface area contributed by atoms with Crippen LogP contribution >= 0.6 is 0 Å². The van der Waals surface area contributed by atoms with Gasteiger partial charge in [-0.05, 0) is 29.8 Å². The van der Waals surface area contributed by atoms with Crippen molar-refractivity contribution in [1.82, 2.24) is 4.57 Å². The molecule has 3 aromatic rings. The van der Waals surface area contributed by atoms with Gasteiger partial charge in [0.05, 0.1) is 13.2 Å². The van der Waals surface area contributed by atoms with Crippen molar-refractivity contribution >= 4 is 10.9 Å². The highest BCUT2D eigenvalue weighted by Crippen LogP contribution is 2.28. The second kappa shape index (κ2) is 5.25. The molecule has 2 heteroatoms. The predicted octanol–water partition coefficient (Wildman–Crippen LogP) is 4.43. The molecule has 1 aromatic heterocycles. The summed E-state index contributed by atoms with van der Waals surface area (Å²) in [6.07, 6.45) is 4.07. The van der Waals surface area contributed by atoms with Crippen molar-refractivity contribution in [1.29, 1.82) is 0 Å². The number of aromatic nitrogens is 1. The van der Waals surface area contributed by atoms with Gasteiger partial charge in [0.15, 0.2) is 0 Å². The number of benzene rings is 2. The molecule has 0 aliphatic heterocycles. The van der Waals surface area contributed by atoms with E-state index in [0.29, 0.717) is 0 Å². The highest BCUT2D eigenvalue weighted by Gasteiger charge is 2.12. The molecule has 0 saturated heterocycles. The molecule has 0 amide bonds. The van der Waals surface area contributed by atoms with Gasteiger partial charge in [-0.3, -0.25) is 0 Å². The summed E-state index contributed by atoms with van der Waals surface area (Å²) in [5, 5.41) is 1.17. The van der Waals surface area contributed by atoms with E-state index in [1.54, 1.807) is 7.11 Å². The fraction of sp³-hybridized carbons (Fsp3) is 0.111. The van der Waals surface area contributed by atoms with Gasteiger partial charge < -0.3 is 9.30 Å². The van der Waals surface area contributed by atoms with Crippen molar-refractivity contribution in [3.05, 3.63) is 79.0 Å². The maximum absolute atomic E-state index is 5.27. The number of methoxy groups -OCH3 is 1. The Hall–Kier alpha value is -2.48. The van der Waals surface area contributed by atoms with Crippen LogP contribution in [0.1, 0.15) is 11.6 Å². The lowest BCUT2D eigenvalue weighted by Crippen LogP contribution is -2.06. The maximum atomic E-state index is 5.27. The third kappa shape index (κ3) is 2.10. The molecule has 0 N–H and O–H groups in total. The van der Waals surface area contributed by atoms with Gasteiger partial charge in [-0.2, -0.15) is 0 Å². The quantitative estimate of drug-likeness (QED) is 0.635. The largest absolute Gasteiger partial charge is 0.497 e. The highest BCUT2D eigenvalue weighted by molar-refractivity contribution is 5.82. The molecule has 2 aromatic carbocycles. The Kier molecular flexibility index (Phi) is 3.30. The van der Waals surface area contributed by atoms with Crippen LogP contribution in [0.2, 0.25) is 0 Å². The van der Waals surface area contributed by atoms with Gasteiger partial charge in [-0.25, -0.2) is 0 Å². The molecule has 3 rings (SSSR count). The summed E-state index contributed by atoms with van der Waals surface area (Å²) in [6, 6.07) is 18.8. The Labute approximate surface area is 118 Å². The summed E-state index contributed by atoms with van der Waals surface area (Å²) in [5.41, 5.74) is 2.41. The van der Waals surface area contributed by atoms with Gasteiger partial charge >= 0.3 is 0 Å². The van der Waals surface area contributed by atoms with Crippen molar-refractivity contribution in [2.75, 3.05) is 7.11 Å². The van der Waals surface area contributed by atoms with E-state index >= 15 is 0 Å². The maximum Gasteiger partial charge on any atom is 0.119 e. The van der Waals surface area contributed by atoms with E-state index in [4.69, 9.17) is 4.74 Å². The number of nitrogens with zero attached hydrogens (tertiary/aromatic N) is 1. The summed E-state index contributed by atoms with van der Waals surface area (Å²) in [5.74, 6) is 0.880. The summed E-state index contributed by atoms with van der Waals surface area (Å²) in [7, 11) is 1.69. The summed E-state index contributed by atoms with van der Waals surface area (Å²) < 4.78 is 7.51. The molecule has 20 heavy (non-hydrogen) atoms. The van der Waals surface area contributed by atoms with Crippen molar-refractivity contribution in [3.8, 4) is 5.75 Å². The molecule has 0 unspecified atom stereocenters. The number of ether oxygens (including phenoxy) is 1. The molecule has 0 bridgehead atoms. The minimum atomic E-state index is 0.141. The molecule has 0 saturated carbocycles. The number of hydrogen-bond acceptors (Lipinski definition) is 1. The molecule has 100 valence electrons. The Morgan fingerprint density at radius 3 is 2.60 bits per heavy atom. The predicted molar refractivity (Wildman–Crippen MR) is 83.3 cm³/mol. The first-order valence-electron chi connectivity index (χ1n) is 6.65. The molecule has 0 fully saturated rings.